The van der Waals surface area contributed by atoms with E-state index in [0.717, 1.165) is 0 Å². The number of amides is 1. The van der Waals surface area contributed by atoms with E-state index < -0.39 is 0 Å². The summed E-state index contributed by atoms with van der Waals surface area (Å²) in [6.45, 7) is 2.40. The minimum absolute atomic E-state index is 0.0910. The minimum Gasteiger partial charge on any atom is -0.333 e. The van der Waals surface area contributed by atoms with Crippen LogP contribution in [-0.2, 0) is 4.79 Å². The molecule has 1 aromatic carbocycles. The van der Waals surface area contributed by atoms with E-state index in [9.17, 15) is 4.79 Å². The van der Waals surface area contributed by atoms with Gasteiger partial charge in [0.15, 0.2) is 6.54 Å². The predicted octanol–water partition coefficient (Wildman–Crippen LogP) is 1.88. The molecule has 1 aromatic heterocycles. The summed E-state index contributed by atoms with van der Waals surface area (Å²) in [6.07, 6.45) is 0. The molecular formula is C15H16N3OS+. The second kappa shape index (κ2) is 6.85. The topological polar surface area (TPSA) is 69.5 Å². The summed E-state index contributed by atoms with van der Waals surface area (Å²) in [7, 11) is 0. The first kappa shape index (κ1) is 14.3. The minimum atomic E-state index is -0.0910. The van der Waals surface area contributed by atoms with Crippen molar-refractivity contribution in [1.29, 1.82) is 5.26 Å². The third kappa shape index (κ3) is 3.67. The van der Waals surface area contributed by atoms with Crippen molar-refractivity contribution in [2.24, 2.45) is 0 Å². The number of thiophene rings is 1. The number of rotatable bonds is 5. The Morgan fingerprint density at radius 2 is 2.15 bits per heavy atom. The number of hydrogen-bond acceptors (Lipinski definition) is 3. The monoisotopic (exact) mass is 286 g/mol. The van der Waals surface area contributed by atoms with E-state index in [4.69, 9.17) is 5.26 Å². The molecule has 0 saturated heterocycles. The van der Waals surface area contributed by atoms with Crippen molar-refractivity contribution >= 4 is 22.2 Å². The largest absolute Gasteiger partial charge is 0.333 e. The molecule has 0 radical (unpaired) electrons. The molecule has 4 nitrogen and oxygen atoms in total. The van der Waals surface area contributed by atoms with Gasteiger partial charge < -0.3 is 10.6 Å². The summed E-state index contributed by atoms with van der Waals surface area (Å²) >= 11 is 1.36. The van der Waals surface area contributed by atoms with Crippen LogP contribution in [0.4, 0.5) is 5.00 Å². The molecular weight excluding hydrogens is 270 g/mol. The SMILES string of the molecule is C[C@@H]([NH2+]CC(=O)Nc1sccc1C#N)c1ccccc1. The molecule has 0 aliphatic carbocycles. The van der Waals surface area contributed by atoms with Crippen LogP contribution in [0.25, 0.3) is 0 Å². The lowest BCUT2D eigenvalue weighted by molar-refractivity contribution is -0.682. The quantitative estimate of drug-likeness (QED) is 0.881. The van der Waals surface area contributed by atoms with Crippen LogP contribution in [0.5, 0.6) is 0 Å². The number of benzene rings is 1. The summed E-state index contributed by atoms with van der Waals surface area (Å²) < 4.78 is 0. The van der Waals surface area contributed by atoms with Gasteiger partial charge in [-0.2, -0.15) is 5.26 Å². The van der Waals surface area contributed by atoms with Crippen molar-refractivity contribution < 1.29 is 10.1 Å². The Hall–Kier alpha value is -2.16. The van der Waals surface area contributed by atoms with Crippen molar-refractivity contribution in [3.63, 3.8) is 0 Å². The molecule has 20 heavy (non-hydrogen) atoms. The highest BCUT2D eigenvalue weighted by atomic mass is 32.1. The van der Waals surface area contributed by atoms with Gasteiger partial charge in [-0.15, -0.1) is 11.3 Å². The molecule has 2 rings (SSSR count). The second-order valence-electron chi connectivity index (χ2n) is 4.46. The second-order valence-corrected chi connectivity index (χ2v) is 5.38. The van der Waals surface area contributed by atoms with Gasteiger partial charge in [0.2, 0.25) is 0 Å². The summed E-state index contributed by atoms with van der Waals surface area (Å²) in [5.74, 6) is -0.0910. The molecule has 0 fully saturated rings. The Labute approximate surface area is 122 Å². The molecule has 102 valence electrons. The van der Waals surface area contributed by atoms with Gasteiger partial charge in [-0.3, -0.25) is 4.79 Å². The number of quaternary nitrogens is 1. The van der Waals surface area contributed by atoms with Crippen molar-refractivity contribution in [1.82, 2.24) is 0 Å². The first-order chi connectivity index (χ1) is 9.70. The van der Waals surface area contributed by atoms with Crippen LogP contribution >= 0.6 is 11.3 Å². The van der Waals surface area contributed by atoms with E-state index in [0.29, 0.717) is 17.1 Å². The van der Waals surface area contributed by atoms with Crippen LogP contribution in [-0.4, -0.2) is 12.5 Å². The maximum atomic E-state index is 11.9. The molecule has 2 aromatic rings. The highest BCUT2D eigenvalue weighted by Gasteiger charge is 2.13. The number of nitrogens with one attached hydrogen (secondary N) is 1. The van der Waals surface area contributed by atoms with Crippen LogP contribution in [0.15, 0.2) is 41.8 Å². The van der Waals surface area contributed by atoms with Crippen LogP contribution in [0.3, 0.4) is 0 Å². The summed E-state index contributed by atoms with van der Waals surface area (Å²) in [5, 5.41) is 16.1. The molecule has 0 aliphatic heterocycles. The van der Waals surface area contributed by atoms with Crippen LogP contribution in [0.1, 0.15) is 24.1 Å². The number of hydrogen-bond donors (Lipinski definition) is 2. The lowest BCUT2D eigenvalue weighted by atomic mass is 10.1. The third-order valence-corrected chi connectivity index (χ3v) is 3.85. The number of nitrogens with zero attached hydrogens (tertiary/aromatic N) is 1. The lowest BCUT2D eigenvalue weighted by Crippen LogP contribution is -2.86. The fourth-order valence-corrected chi connectivity index (χ4v) is 2.60. The smallest absolute Gasteiger partial charge is 0.280 e. The standard InChI is InChI=1S/C15H15N3OS/c1-11(12-5-3-2-4-6-12)17-10-14(19)18-15-13(9-16)7-8-20-15/h2-8,11,17H,10H2,1H3,(H,18,19)/p+1/t11-/m1/s1. The highest BCUT2D eigenvalue weighted by molar-refractivity contribution is 7.14. The molecule has 0 saturated carbocycles. The Morgan fingerprint density at radius 3 is 2.85 bits per heavy atom. The van der Waals surface area contributed by atoms with E-state index in [1.54, 1.807) is 11.4 Å². The third-order valence-electron chi connectivity index (χ3n) is 3.02. The molecule has 0 unspecified atom stereocenters. The first-order valence-electron chi connectivity index (χ1n) is 6.36. The van der Waals surface area contributed by atoms with Gasteiger partial charge in [0.1, 0.15) is 17.1 Å². The number of anilines is 1. The molecule has 5 heteroatoms. The molecule has 1 heterocycles. The van der Waals surface area contributed by atoms with Gasteiger partial charge in [-0.1, -0.05) is 30.3 Å². The fourth-order valence-electron chi connectivity index (χ4n) is 1.85. The first-order valence-corrected chi connectivity index (χ1v) is 7.24. The van der Waals surface area contributed by atoms with Gasteiger partial charge in [0, 0.05) is 5.56 Å². The lowest BCUT2D eigenvalue weighted by Gasteiger charge is -2.10. The molecule has 0 spiro atoms. The van der Waals surface area contributed by atoms with Gasteiger partial charge in [0.05, 0.1) is 5.56 Å². The van der Waals surface area contributed by atoms with E-state index in [-0.39, 0.29) is 11.9 Å². The number of nitrogens with two attached hydrogens (primary N) is 1. The summed E-state index contributed by atoms with van der Waals surface area (Å²) in [4.78, 5) is 11.9. The van der Waals surface area contributed by atoms with Crippen LogP contribution in [0, 0.1) is 11.3 Å². The normalized spacial score (nSPS) is 11.6. The maximum absolute atomic E-state index is 11.9. The van der Waals surface area contributed by atoms with Crippen molar-refractivity contribution in [2.75, 3.05) is 11.9 Å². The Bertz CT molecular complexity index is 616. The summed E-state index contributed by atoms with van der Waals surface area (Å²) in [6, 6.07) is 14.0. The zero-order valence-corrected chi connectivity index (χ0v) is 12.0. The predicted molar refractivity (Wildman–Crippen MR) is 79.3 cm³/mol. The Kier molecular flexibility index (Phi) is 4.88. The number of nitriles is 1. The van der Waals surface area contributed by atoms with Crippen molar-refractivity contribution in [3.8, 4) is 6.07 Å². The Balaban J connectivity index is 1.86. The molecule has 0 bridgehead atoms. The molecule has 0 aliphatic rings. The van der Waals surface area contributed by atoms with E-state index in [2.05, 4.69) is 18.3 Å². The number of carbonyl (C=O) groups is 1. The molecule has 3 N–H and O–H groups in total. The maximum Gasteiger partial charge on any atom is 0.280 e. The average Bonchev–Trinajstić information content (AvgIpc) is 2.92. The number of carbonyl (C=O) groups excluding carboxylic acids is 1. The van der Waals surface area contributed by atoms with Gasteiger partial charge >= 0.3 is 0 Å². The van der Waals surface area contributed by atoms with Crippen molar-refractivity contribution in [2.45, 2.75) is 13.0 Å². The highest BCUT2D eigenvalue weighted by Crippen LogP contribution is 2.21. The van der Waals surface area contributed by atoms with E-state index in [1.165, 1.54) is 16.9 Å². The van der Waals surface area contributed by atoms with Crippen LogP contribution < -0.4 is 10.6 Å². The van der Waals surface area contributed by atoms with E-state index >= 15 is 0 Å². The van der Waals surface area contributed by atoms with Crippen molar-refractivity contribution in [3.05, 3.63) is 52.9 Å². The van der Waals surface area contributed by atoms with Gasteiger partial charge in [-0.05, 0) is 18.4 Å². The van der Waals surface area contributed by atoms with Gasteiger partial charge in [-0.25, -0.2) is 0 Å². The molecule has 1 amide bonds. The van der Waals surface area contributed by atoms with E-state index in [1.807, 2.05) is 35.6 Å². The summed E-state index contributed by atoms with van der Waals surface area (Å²) in [5.41, 5.74) is 1.70. The van der Waals surface area contributed by atoms with Crippen LogP contribution in [0.2, 0.25) is 0 Å². The Morgan fingerprint density at radius 1 is 1.40 bits per heavy atom. The average molecular weight is 286 g/mol. The zero-order chi connectivity index (χ0) is 14.4. The zero-order valence-electron chi connectivity index (χ0n) is 11.2. The fraction of sp³-hybridized carbons (Fsp3) is 0.200. The molecule has 1 atom stereocenters. The van der Waals surface area contributed by atoms with Gasteiger partial charge in [0.25, 0.3) is 5.91 Å².